The van der Waals surface area contributed by atoms with Gasteiger partial charge in [0, 0.05) is 0 Å². The van der Waals surface area contributed by atoms with Gasteiger partial charge >= 0.3 is 169 Å². The number of aryl methyl sites for hydroxylation is 2. The van der Waals surface area contributed by atoms with Crippen molar-refractivity contribution < 1.29 is 9.59 Å². The summed E-state index contributed by atoms with van der Waals surface area (Å²) in [7, 11) is 0. The van der Waals surface area contributed by atoms with Crippen molar-refractivity contribution in [3.63, 3.8) is 0 Å². The average molecular weight is 439 g/mol. The Kier molecular flexibility index (Phi) is 5.28. The zero-order valence-electron chi connectivity index (χ0n) is 15.4. The predicted molar refractivity (Wildman–Crippen MR) is 110 cm³/mol. The van der Waals surface area contributed by atoms with Crippen molar-refractivity contribution in [2.75, 3.05) is 11.9 Å². The molecule has 0 saturated carbocycles. The molecule has 1 aliphatic heterocycles. The van der Waals surface area contributed by atoms with Crippen molar-refractivity contribution in [2.45, 2.75) is 19.9 Å². The quantitative estimate of drug-likeness (QED) is 0.352. The Morgan fingerprint density at radius 3 is 3.04 bits per heavy atom. The summed E-state index contributed by atoms with van der Waals surface area (Å²) < 4.78 is 4.11. The summed E-state index contributed by atoms with van der Waals surface area (Å²) in [6, 6.07) is 9.58. The Bertz CT molecular complexity index is 1050. The number of amides is 2. The van der Waals surface area contributed by atoms with Gasteiger partial charge in [-0.15, -0.1) is 0 Å². The Labute approximate surface area is 169 Å². The van der Waals surface area contributed by atoms with Gasteiger partial charge in [0.1, 0.15) is 0 Å². The molecular formula is C21H20N4O2Se. The van der Waals surface area contributed by atoms with Crippen LogP contribution in [-0.2, 0) is 11.3 Å². The molecule has 0 aliphatic carbocycles. The van der Waals surface area contributed by atoms with Crippen LogP contribution < -0.4 is 10.6 Å². The summed E-state index contributed by atoms with van der Waals surface area (Å²) >= 11 is 0.0499. The molecule has 0 spiro atoms. The molecule has 0 bridgehead atoms. The van der Waals surface area contributed by atoms with Crippen molar-refractivity contribution in [3.05, 3.63) is 69.1 Å². The normalized spacial score (nSPS) is 14.2. The predicted octanol–water partition coefficient (Wildman–Crippen LogP) is 2.56. The summed E-state index contributed by atoms with van der Waals surface area (Å²) in [5.41, 5.74) is 3.14. The fourth-order valence-corrected chi connectivity index (χ4v) is 5.24. The van der Waals surface area contributed by atoms with E-state index in [-0.39, 0.29) is 26.3 Å². The zero-order chi connectivity index (χ0) is 19.5. The van der Waals surface area contributed by atoms with E-state index >= 15 is 0 Å². The molecule has 2 N–H and O–H groups in total. The molecule has 0 fully saturated rings. The molecule has 4 rings (SSSR count). The third kappa shape index (κ3) is 3.86. The SMILES string of the molecule is Cc1[se]c(/C=C2\C(=O)Nc3ccccc32)cc1C(=O)NCCCn1ccnc1. The second-order valence-corrected chi connectivity index (χ2v) is 9.29. The number of carbonyl (C=O) groups excluding carboxylic acids is 2. The maximum atomic E-state index is 12.5. The fraction of sp³-hybridized carbons (Fsp3) is 0.190. The van der Waals surface area contributed by atoms with Crippen LogP contribution >= 0.6 is 0 Å². The van der Waals surface area contributed by atoms with E-state index in [2.05, 4.69) is 15.6 Å². The van der Waals surface area contributed by atoms with Crippen molar-refractivity contribution in [1.29, 1.82) is 0 Å². The van der Waals surface area contributed by atoms with E-state index in [1.807, 2.05) is 54.1 Å². The van der Waals surface area contributed by atoms with Crippen LogP contribution in [0.4, 0.5) is 5.69 Å². The molecule has 1 aliphatic rings. The first kappa shape index (κ1) is 18.5. The first-order valence-electron chi connectivity index (χ1n) is 9.08. The number of aromatic nitrogens is 2. The van der Waals surface area contributed by atoms with Gasteiger partial charge in [0.2, 0.25) is 0 Å². The van der Waals surface area contributed by atoms with Crippen LogP contribution in [-0.4, -0.2) is 42.4 Å². The molecule has 0 radical (unpaired) electrons. The minimum absolute atomic E-state index is 0.0466. The first-order valence-corrected chi connectivity index (χ1v) is 10.8. The second kappa shape index (κ2) is 8.00. The number of nitrogens with zero attached hydrogens (tertiary/aromatic N) is 2. The van der Waals surface area contributed by atoms with Gasteiger partial charge in [-0.1, -0.05) is 0 Å². The fourth-order valence-electron chi connectivity index (χ4n) is 3.20. The molecular weight excluding hydrogens is 419 g/mol. The third-order valence-electron chi connectivity index (χ3n) is 4.62. The number of benzene rings is 1. The van der Waals surface area contributed by atoms with E-state index in [1.54, 1.807) is 12.5 Å². The summed E-state index contributed by atoms with van der Waals surface area (Å²) in [5, 5.41) is 5.88. The molecule has 0 atom stereocenters. The molecule has 0 saturated heterocycles. The molecule has 2 aromatic heterocycles. The Balaban J connectivity index is 1.43. The van der Waals surface area contributed by atoms with Crippen LogP contribution in [0, 0.1) is 6.92 Å². The molecule has 0 unspecified atom stereocenters. The minimum atomic E-state index is -0.0899. The van der Waals surface area contributed by atoms with Crippen LogP contribution in [0.1, 0.15) is 31.2 Å². The van der Waals surface area contributed by atoms with Crippen LogP contribution in [0.25, 0.3) is 11.6 Å². The summed E-state index contributed by atoms with van der Waals surface area (Å²) in [6.07, 6.45) is 8.19. The summed E-state index contributed by atoms with van der Waals surface area (Å²) in [5.74, 6) is -0.136. The van der Waals surface area contributed by atoms with Crippen LogP contribution in [0.2, 0.25) is 0 Å². The Morgan fingerprint density at radius 1 is 1.36 bits per heavy atom. The monoisotopic (exact) mass is 440 g/mol. The number of imidazole rings is 1. The van der Waals surface area contributed by atoms with Crippen molar-refractivity contribution >= 4 is 43.7 Å². The van der Waals surface area contributed by atoms with Gasteiger partial charge in [0.25, 0.3) is 0 Å². The summed E-state index contributed by atoms with van der Waals surface area (Å²) in [6.45, 7) is 3.43. The van der Waals surface area contributed by atoms with Crippen molar-refractivity contribution in [3.8, 4) is 0 Å². The number of fused-ring (bicyclic) bond motifs is 1. The van der Waals surface area contributed by atoms with Crippen molar-refractivity contribution in [1.82, 2.24) is 14.9 Å². The second-order valence-electron chi connectivity index (χ2n) is 6.59. The van der Waals surface area contributed by atoms with Gasteiger partial charge in [0.15, 0.2) is 0 Å². The maximum absolute atomic E-state index is 12.5. The molecule has 1 aromatic carbocycles. The number of rotatable bonds is 6. The standard InChI is InChI=1S/C21H20N4O2Se/c1-14-17(20(26)23-7-4-9-25-10-8-22-13-25)11-15(28-14)12-18-16-5-2-3-6-19(16)24-21(18)27/h2-3,5-6,8,10-13H,4,7,9H2,1H3,(H,23,26)(H,24,27)/b18-12-. The van der Waals surface area contributed by atoms with Gasteiger partial charge in [-0.2, -0.15) is 0 Å². The molecule has 2 amide bonds. The average Bonchev–Trinajstić information content (AvgIpc) is 3.39. The molecule has 3 heterocycles. The van der Waals surface area contributed by atoms with E-state index in [0.29, 0.717) is 12.1 Å². The number of nitrogens with one attached hydrogen (secondary N) is 2. The van der Waals surface area contributed by atoms with Gasteiger partial charge in [-0.25, -0.2) is 0 Å². The number of anilines is 1. The van der Waals surface area contributed by atoms with Crippen molar-refractivity contribution in [2.24, 2.45) is 0 Å². The first-order chi connectivity index (χ1) is 13.6. The van der Waals surface area contributed by atoms with E-state index in [4.69, 9.17) is 0 Å². The number of para-hydroxylation sites is 1. The number of hydrogen-bond donors (Lipinski definition) is 2. The van der Waals surface area contributed by atoms with Crippen LogP contribution in [0.15, 0.2) is 49.1 Å². The Hall–Kier alpha value is -2.89. The topological polar surface area (TPSA) is 76.0 Å². The van der Waals surface area contributed by atoms with E-state index in [0.717, 1.165) is 38.7 Å². The molecule has 6 nitrogen and oxygen atoms in total. The van der Waals surface area contributed by atoms with E-state index in [1.165, 1.54) is 0 Å². The molecule has 3 aromatic rings. The zero-order valence-corrected chi connectivity index (χ0v) is 17.1. The molecule has 142 valence electrons. The van der Waals surface area contributed by atoms with E-state index < -0.39 is 0 Å². The molecule has 28 heavy (non-hydrogen) atoms. The Morgan fingerprint density at radius 2 is 2.21 bits per heavy atom. The summed E-state index contributed by atoms with van der Waals surface area (Å²) in [4.78, 5) is 28.8. The molecule has 7 heteroatoms. The van der Waals surface area contributed by atoms with Crippen LogP contribution in [0.5, 0.6) is 0 Å². The van der Waals surface area contributed by atoms with Gasteiger partial charge in [0.05, 0.1) is 0 Å². The third-order valence-corrected chi connectivity index (χ3v) is 6.71. The number of carbonyl (C=O) groups is 2. The van der Waals surface area contributed by atoms with Gasteiger partial charge < -0.3 is 0 Å². The van der Waals surface area contributed by atoms with Gasteiger partial charge in [-0.05, 0) is 0 Å². The van der Waals surface area contributed by atoms with E-state index in [9.17, 15) is 9.59 Å². The van der Waals surface area contributed by atoms with Crippen LogP contribution in [0.3, 0.4) is 0 Å². The van der Waals surface area contributed by atoms with Gasteiger partial charge in [-0.3, -0.25) is 0 Å². The number of hydrogen-bond acceptors (Lipinski definition) is 3.